The molecule has 26 heavy (non-hydrogen) atoms. The van der Waals surface area contributed by atoms with Crippen LogP contribution in [0, 0.1) is 0 Å². The van der Waals surface area contributed by atoms with Crippen molar-refractivity contribution >= 4 is 34.2 Å². The van der Waals surface area contributed by atoms with E-state index in [1.165, 1.54) is 6.08 Å². The zero-order valence-electron chi connectivity index (χ0n) is 14.5. The highest BCUT2D eigenvalue weighted by atomic mass is 16.5. The molecule has 4 heteroatoms. The quantitative estimate of drug-likeness (QED) is 0.303. The van der Waals surface area contributed by atoms with Gasteiger partial charge in [0.25, 0.3) is 0 Å². The van der Waals surface area contributed by atoms with E-state index in [4.69, 9.17) is 16.2 Å². The molecule has 0 fully saturated rings. The minimum atomic E-state index is -0.343. The van der Waals surface area contributed by atoms with Gasteiger partial charge in [0.2, 0.25) is 0 Å². The molecule has 4 nitrogen and oxygen atoms in total. The minimum absolute atomic E-state index is 0.343. The van der Waals surface area contributed by atoms with Crippen molar-refractivity contribution < 1.29 is 9.53 Å². The second kappa shape index (κ2) is 8.21. The minimum Gasteiger partial charge on any atom is -0.463 e. The lowest BCUT2D eigenvalue weighted by Crippen LogP contribution is -2.03. The van der Waals surface area contributed by atoms with Crippen LogP contribution in [0.4, 0.5) is 11.4 Å². The van der Waals surface area contributed by atoms with Gasteiger partial charge in [0.15, 0.2) is 0 Å². The van der Waals surface area contributed by atoms with Crippen LogP contribution in [0.1, 0.15) is 17.5 Å². The Kier molecular flexibility index (Phi) is 5.54. The average molecular weight is 346 g/mol. The van der Waals surface area contributed by atoms with E-state index in [-0.39, 0.29) is 5.97 Å². The SMILES string of the molecule is Nc1cc(N)cc(CCCOC(=O)/C=C/c2cccc3ccccc23)c1. The molecule has 0 unspecified atom stereocenters. The van der Waals surface area contributed by atoms with Gasteiger partial charge in [-0.2, -0.15) is 0 Å². The Hall–Kier alpha value is -3.27. The number of carbonyl (C=O) groups is 1. The number of benzene rings is 3. The van der Waals surface area contributed by atoms with Crippen molar-refractivity contribution in [1.82, 2.24) is 0 Å². The lowest BCUT2D eigenvalue weighted by molar-refractivity contribution is -0.137. The molecule has 0 saturated carbocycles. The van der Waals surface area contributed by atoms with E-state index in [1.54, 1.807) is 12.1 Å². The van der Waals surface area contributed by atoms with Crippen molar-refractivity contribution in [3.05, 3.63) is 77.9 Å². The Bertz CT molecular complexity index is 922. The number of anilines is 2. The molecule has 0 aliphatic rings. The van der Waals surface area contributed by atoms with E-state index in [1.807, 2.05) is 54.6 Å². The van der Waals surface area contributed by atoms with Gasteiger partial charge in [-0.3, -0.25) is 0 Å². The van der Waals surface area contributed by atoms with Crippen molar-refractivity contribution in [2.45, 2.75) is 12.8 Å². The van der Waals surface area contributed by atoms with Crippen molar-refractivity contribution in [3.8, 4) is 0 Å². The van der Waals surface area contributed by atoms with Gasteiger partial charge in [0.1, 0.15) is 0 Å². The molecule has 3 rings (SSSR count). The molecule has 3 aromatic carbocycles. The van der Waals surface area contributed by atoms with Crippen LogP contribution in [-0.4, -0.2) is 12.6 Å². The molecule has 0 aliphatic carbocycles. The van der Waals surface area contributed by atoms with Gasteiger partial charge in [-0.15, -0.1) is 0 Å². The second-order valence-electron chi connectivity index (χ2n) is 6.18. The lowest BCUT2D eigenvalue weighted by Gasteiger charge is -2.05. The van der Waals surface area contributed by atoms with Crippen LogP contribution in [0.3, 0.4) is 0 Å². The summed E-state index contributed by atoms with van der Waals surface area (Å²) >= 11 is 0. The van der Waals surface area contributed by atoms with Crippen LogP contribution < -0.4 is 11.5 Å². The van der Waals surface area contributed by atoms with Gasteiger partial charge in [-0.05, 0) is 59.0 Å². The first-order chi connectivity index (χ1) is 12.6. The van der Waals surface area contributed by atoms with Crippen LogP contribution in [0.15, 0.2) is 66.7 Å². The number of rotatable bonds is 6. The van der Waals surface area contributed by atoms with E-state index in [9.17, 15) is 4.79 Å². The van der Waals surface area contributed by atoms with Gasteiger partial charge in [-0.1, -0.05) is 42.5 Å². The Morgan fingerprint density at radius 1 is 0.962 bits per heavy atom. The van der Waals surface area contributed by atoms with Crippen molar-refractivity contribution in [1.29, 1.82) is 0 Å². The summed E-state index contributed by atoms with van der Waals surface area (Å²) in [4.78, 5) is 11.9. The van der Waals surface area contributed by atoms with Gasteiger partial charge >= 0.3 is 5.97 Å². The zero-order chi connectivity index (χ0) is 18.4. The fourth-order valence-corrected chi connectivity index (χ4v) is 2.94. The standard InChI is InChI=1S/C22H22N2O2/c23-19-13-16(14-20(24)15-19)5-4-12-26-22(25)11-10-18-8-3-7-17-6-1-2-9-21(17)18/h1-3,6-11,13-15H,4-5,12,23-24H2/b11-10+. The van der Waals surface area contributed by atoms with E-state index in [2.05, 4.69) is 0 Å². The molecule has 0 atom stereocenters. The summed E-state index contributed by atoms with van der Waals surface area (Å²) in [5.74, 6) is -0.343. The number of esters is 1. The fraction of sp³-hybridized carbons (Fsp3) is 0.136. The summed E-state index contributed by atoms with van der Waals surface area (Å²) < 4.78 is 5.27. The predicted molar refractivity (Wildman–Crippen MR) is 108 cm³/mol. The maximum absolute atomic E-state index is 11.9. The zero-order valence-corrected chi connectivity index (χ0v) is 14.5. The van der Waals surface area contributed by atoms with Crippen LogP contribution >= 0.6 is 0 Å². The number of ether oxygens (including phenoxy) is 1. The second-order valence-corrected chi connectivity index (χ2v) is 6.18. The van der Waals surface area contributed by atoms with Crippen LogP contribution in [-0.2, 0) is 16.0 Å². The van der Waals surface area contributed by atoms with E-state index in [0.717, 1.165) is 34.7 Å². The highest BCUT2D eigenvalue weighted by Crippen LogP contribution is 2.19. The largest absolute Gasteiger partial charge is 0.463 e. The molecular weight excluding hydrogens is 324 g/mol. The first-order valence-electron chi connectivity index (χ1n) is 8.59. The summed E-state index contributed by atoms with van der Waals surface area (Å²) in [5.41, 5.74) is 14.9. The normalized spacial score (nSPS) is 11.1. The maximum Gasteiger partial charge on any atom is 0.330 e. The molecule has 0 aliphatic heterocycles. The van der Waals surface area contributed by atoms with E-state index in [0.29, 0.717) is 18.0 Å². The molecule has 0 aromatic heterocycles. The third kappa shape index (κ3) is 4.63. The highest BCUT2D eigenvalue weighted by Gasteiger charge is 2.01. The molecule has 132 valence electrons. The van der Waals surface area contributed by atoms with E-state index < -0.39 is 0 Å². The van der Waals surface area contributed by atoms with Gasteiger partial charge < -0.3 is 16.2 Å². The lowest BCUT2D eigenvalue weighted by atomic mass is 10.0. The average Bonchev–Trinajstić information content (AvgIpc) is 2.63. The van der Waals surface area contributed by atoms with Crippen LogP contribution in [0.5, 0.6) is 0 Å². The van der Waals surface area contributed by atoms with Crippen molar-refractivity contribution in [2.24, 2.45) is 0 Å². The summed E-state index contributed by atoms with van der Waals surface area (Å²) in [5, 5.41) is 2.25. The number of fused-ring (bicyclic) bond motifs is 1. The van der Waals surface area contributed by atoms with Gasteiger partial charge in [0, 0.05) is 17.5 Å². The summed E-state index contributed by atoms with van der Waals surface area (Å²) in [7, 11) is 0. The van der Waals surface area contributed by atoms with E-state index >= 15 is 0 Å². The molecule has 3 aromatic rings. The number of aryl methyl sites for hydroxylation is 1. The molecule has 0 amide bonds. The number of nitrogens with two attached hydrogens (primary N) is 2. The summed E-state index contributed by atoms with van der Waals surface area (Å²) in [6.07, 6.45) is 4.75. The first kappa shape index (κ1) is 17.5. The van der Waals surface area contributed by atoms with Crippen molar-refractivity contribution in [2.75, 3.05) is 18.1 Å². The Balaban J connectivity index is 1.51. The van der Waals surface area contributed by atoms with Crippen LogP contribution in [0.2, 0.25) is 0 Å². The molecule has 4 N–H and O–H groups in total. The maximum atomic E-state index is 11.9. The monoisotopic (exact) mass is 346 g/mol. The number of carbonyl (C=O) groups excluding carboxylic acids is 1. The Morgan fingerprint density at radius 2 is 1.69 bits per heavy atom. The summed E-state index contributed by atoms with van der Waals surface area (Å²) in [6.45, 7) is 0.355. The Labute approximate surface area is 153 Å². The van der Waals surface area contributed by atoms with Gasteiger partial charge in [-0.25, -0.2) is 4.79 Å². The highest BCUT2D eigenvalue weighted by molar-refractivity contribution is 5.94. The first-order valence-corrected chi connectivity index (χ1v) is 8.59. The fourth-order valence-electron chi connectivity index (χ4n) is 2.94. The van der Waals surface area contributed by atoms with Crippen LogP contribution in [0.25, 0.3) is 16.8 Å². The molecule has 0 saturated heterocycles. The summed E-state index contributed by atoms with van der Waals surface area (Å²) in [6, 6.07) is 19.6. The topological polar surface area (TPSA) is 78.3 Å². The molecule has 0 radical (unpaired) electrons. The van der Waals surface area contributed by atoms with Crippen molar-refractivity contribution in [3.63, 3.8) is 0 Å². The Morgan fingerprint density at radius 3 is 2.50 bits per heavy atom. The molecule has 0 spiro atoms. The predicted octanol–water partition coefficient (Wildman–Crippen LogP) is 4.19. The number of nitrogen functional groups attached to an aromatic ring is 2. The number of hydrogen-bond donors (Lipinski definition) is 2. The number of hydrogen-bond acceptors (Lipinski definition) is 4. The molecular formula is C22H22N2O2. The van der Waals surface area contributed by atoms with Gasteiger partial charge in [0.05, 0.1) is 6.61 Å². The molecule has 0 heterocycles. The molecule has 0 bridgehead atoms. The smallest absolute Gasteiger partial charge is 0.330 e. The third-order valence-corrected chi connectivity index (χ3v) is 4.11. The third-order valence-electron chi connectivity index (χ3n) is 4.11.